The molecule has 0 unspecified atom stereocenters. The zero-order valence-electron chi connectivity index (χ0n) is 17.8. The van der Waals surface area contributed by atoms with E-state index in [1.807, 2.05) is 50.2 Å². The van der Waals surface area contributed by atoms with Crippen molar-refractivity contribution in [3.8, 4) is 11.5 Å². The summed E-state index contributed by atoms with van der Waals surface area (Å²) < 4.78 is 11.2. The van der Waals surface area contributed by atoms with Gasteiger partial charge in [-0.25, -0.2) is 0 Å². The van der Waals surface area contributed by atoms with E-state index in [2.05, 4.69) is 4.99 Å². The van der Waals surface area contributed by atoms with Crippen molar-refractivity contribution >= 4 is 23.7 Å². The van der Waals surface area contributed by atoms with Gasteiger partial charge in [-0.1, -0.05) is 30.3 Å². The Morgan fingerprint density at radius 1 is 0.935 bits per heavy atom. The van der Waals surface area contributed by atoms with Crippen LogP contribution in [0.25, 0.3) is 6.08 Å². The lowest BCUT2D eigenvalue weighted by Gasteiger charge is -2.08. The zero-order valence-corrected chi connectivity index (χ0v) is 17.8. The van der Waals surface area contributed by atoms with Crippen LogP contribution in [-0.2, 0) is 4.79 Å². The quantitative estimate of drug-likeness (QED) is 0.539. The monoisotopic (exact) mass is 421 g/mol. The van der Waals surface area contributed by atoms with E-state index in [0.29, 0.717) is 31.6 Å². The topological polar surface area (TPSA) is 117 Å². The maximum Gasteiger partial charge on any atom is 0.276 e. The number of hydrogen-bond donors (Lipinski definition) is 2. The fraction of sp³-hybridized carbons (Fsp3) is 0.292. The molecule has 0 radical (unpaired) electrons. The first-order chi connectivity index (χ1) is 14.9. The first-order valence-corrected chi connectivity index (χ1v) is 10.2. The number of guanidine groups is 1. The lowest BCUT2D eigenvalue weighted by molar-refractivity contribution is -0.114. The van der Waals surface area contributed by atoms with Gasteiger partial charge in [0.15, 0.2) is 11.7 Å². The first kappa shape index (κ1) is 22.1. The van der Waals surface area contributed by atoms with Crippen molar-refractivity contribution in [2.24, 2.45) is 16.5 Å². The number of amides is 1. The molecule has 0 spiro atoms. The van der Waals surface area contributed by atoms with Gasteiger partial charge in [0.25, 0.3) is 5.91 Å². The number of ketones is 1. The number of rotatable bonds is 1. The Morgan fingerprint density at radius 3 is 2.35 bits per heavy atom. The molecule has 0 atom stereocenters. The molecule has 0 aliphatic carbocycles. The predicted molar refractivity (Wildman–Crippen MR) is 120 cm³/mol. The molecule has 4 rings (SSSR count). The average Bonchev–Trinajstić information content (AvgIpc) is 3.06. The summed E-state index contributed by atoms with van der Waals surface area (Å²) in [5.74, 6) is 1.16. The summed E-state index contributed by atoms with van der Waals surface area (Å²) in [5, 5.41) is 0. The summed E-state index contributed by atoms with van der Waals surface area (Å²) in [6.45, 7) is 5.03. The second kappa shape index (κ2) is 9.93. The first-order valence-electron chi connectivity index (χ1n) is 10.2. The maximum absolute atomic E-state index is 11.8. The van der Waals surface area contributed by atoms with Crippen LogP contribution >= 0.6 is 0 Å². The van der Waals surface area contributed by atoms with Crippen LogP contribution < -0.4 is 20.9 Å². The number of hydrogen-bond acceptors (Lipinski definition) is 4. The molecule has 2 heterocycles. The minimum absolute atomic E-state index is 0.205. The van der Waals surface area contributed by atoms with E-state index in [0.717, 1.165) is 40.2 Å². The van der Waals surface area contributed by atoms with E-state index in [-0.39, 0.29) is 11.7 Å². The number of nitrogens with zero attached hydrogens (tertiary/aromatic N) is 1. The highest BCUT2D eigenvalue weighted by Gasteiger charge is 2.17. The largest absolute Gasteiger partial charge is 0.493 e. The molecule has 0 saturated carbocycles. The number of Topliss-reactive ketones (excluding diaryl/α,β-unsaturated/α-hetero) is 1. The highest BCUT2D eigenvalue weighted by molar-refractivity contribution is 6.04. The highest BCUT2D eigenvalue weighted by atomic mass is 16.5. The van der Waals surface area contributed by atoms with Crippen LogP contribution in [0.5, 0.6) is 11.5 Å². The van der Waals surface area contributed by atoms with Crippen molar-refractivity contribution in [3.05, 3.63) is 64.2 Å². The minimum atomic E-state index is -0.409. The third-order valence-electron chi connectivity index (χ3n) is 5.00. The molecule has 7 heteroatoms. The number of aryl methyl sites for hydroxylation is 2. The Labute approximate surface area is 181 Å². The number of aliphatic imine (C=N–C) groups is 1. The summed E-state index contributed by atoms with van der Waals surface area (Å²) in [6, 6.07) is 11.5. The molecular formula is C24H27N3O4. The normalized spacial score (nSPS) is 14.6. The van der Waals surface area contributed by atoms with Gasteiger partial charge >= 0.3 is 0 Å². The number of benzene rings is 2. The van der Waals surface area contributed by atoms with Gasteiger partial charge < -0.3 is 20.9 Å². The van der Waals surface area contributed by atoms with Gasteiger partial charge in [0.05, 0.1) is 18.8 Å². The molecule has 162 valence electrons. The molecule has 31 heavy (non-hydrogen) atoms. The lowest BCUT2D eigenvalue weighted by Crippen LogP contribution is -2.24. The third-order valence-corrected chi connectivity index (χ3v) is 5.00. The Hall–Kier alpha value is -3.61. The van der Waals surface area contributed by atoms with Crippen molar-refractivity contribution in [3.63, 3.8) is 0 Å². The Balaban J connectivity index is 0.000000185. The van der Waals surface area contributed by atoms with E-state index < -0.39 is 5.91 Å². The molecule has 1 amide bonds. The summed E-state index contributed by atoms with van der Waals surface area (Å²) in [7, 11) is 0. The van der Waals surface area contributed by atoms with Gasteiger partial charge in [-0.05, 0) is 43.5 Å². The number of carbonyl (C=O) groups excluding carboxylic acids is 2. The molecule has 0 saturated heterocycles. The summed E-state index contributed by atoms with van der Waals surface area (Å²) in [6.07, 6.45) is 3.71. The van der Waals surface area contributed by atoms with Crippen molar-refractivity contribution in [1.82, 2.24) is 0 Å². The van der Waals surface area contributed by atoms with Crippen LogP contribution in [0, 0.1) is 13.8 Å². The Bertz CT molecular complexity index is 1050. The van der Waals surface area contributed by atoms with Gasteiger partial charge in [0.2, 0.25) is 0 Å². The van der Waals surface area contributed by atoms with Gasteiger partial charge in [0.1, 0.15) is 11.5 Å². The fourth-order valence-electron chi connectivity index (χ4n) is 3.47. The molecule has 7 nitrogen and oxygen atoms in total. The van der Waals surface area contributed by atoms with Crippen molar-refractivity contribution in [1.29, 1.82) is 0 Å². The second-order valence-electron chi connectivity index (χ2n) is 7.43. The molecule has 0 aromatic heterocycles. The van der Waals surface area contributed by atoms with Gasteiger partial charge in [-0.3, -0.25) is 9.59 Å². The van der Waals surface area contributed by atoms with Crippen LogP contribution in [0.4, 0.5) is 0 Å². The minimum Gasteiger partial charge on any atom is -0.493 e. The van der Waals surface area contributed by atoms with Gasteiger partial charge in [0, 0.05) is 24.0 Å². The van der Waals surface area contributed by atoms with E-state index >= 15 is 0 Å². The van der Waals surface area contributed by atoms with Crippen LogP contribution in [0.2, 0.25) is 0 Å². The number of nitrogens with two attached hydrogens (primary N) is 2. The molecule has 4 N–H and O–H groups in total. The Morgan fingerprint density at radius 2 is 1.61 bits per heavy atom. The molecule has 2 aliphatic rings. The third kappa shape index (κ3) is 5.51. The summed E-state index contributed by atoms with van der Waals surface area (Å²) in [4.78, 5) is 26.9. The maximum atomic E-state index is 11.8. The van der Waals surface area contributed by atoms with E-state index in [9.17, 15) is 9.59 Å². The molecule has 2 aromatic rings. The van der Waals surface area contributed by atoms with Crippen LogP contribution in [0.15, 0.2) is 47.0 Å². The van der Waals surface area contributed by atoms with Crippen molar-refractivity contribution in [2.45, 2.75) is 33.1 Å². The number of para-hydroxylation sites is 2. The molecule has 2 aliphatic heterocycles. The van der Waals surface area contributed by atoms with E-state index in [1.165, 1.54) is 0 Å². The molecule has 2 aromatic carbocycles. The van der Waals surface area contributed by atoms with Gasteiger partial charge in [-0.2, -0.15) is 4.99 Å². The summed E-state index contributed by atoms with van der Waals surface area (Å²) >= 11 is 0. The predicted octanol–water partition coefficient (Wildman–Crippen LogP) is 3.31. The van der Waals surface area contributed by atoms with Crippen molar-refractivity contribution in [2.75, 3.05) is 13.2 Å². The number of carbonyl (C=O) groups is 2. The molecule has 0 bridgehead atoms. The van der Waals surface area contributed by atoms with E-state index in [1.54, 1.807) is 6.08 Å². The smallest absolute Gasteiger partial charge is 0.276 e. The van der Waals surface area contributed by atoms with Crippen LogP contribution in [0.3, 0.4) is 0 Å². The summed E-state index contributed by atoms with van der Waals surface area (Å²) in [5.41, 5.74) is 14.7. The van der Waals surface area contributed by atoms with E-state index in [4.69, 9.17) is 20.9 Å². The number of fused-ring (bicyclic) bond motifs is 2. The second-order valence-corrected chi connectivity index (χ2v) is 7.43. The van der Waals surface area contributed by atoms with Crippen molar-refractivity contribution < 1.29 is 19.1 Å². The zero-order chi connectivity index (χ0) is 22.4. The molecular weight excluding hydrogens is 394 g/mol. The Kier molecular flexibility index (Phi) is 7.07. The molecule has 0 fully saturated rings. The number of ether oxygens (including phenoxy) is 2. The lowest BCUT2D eigenvalue weighted by atomic mass is 10.0. The van der Waals surface area contributed by atoms with Gasteiger partial charge in [-0.15, -0.1) is 0 Å². The van der Waals surface area contributed by atoms with Crippen LogP contribution in [0.1, 0.15) is 46.3 Å². The fourth-order valence-corrected chi connectivity index (χ4v) is 3.47. The standard InChI is InChI=1S/C13H15N3O2.C11H12O2/c1-8-3-2-4-9-7-10(5-6-18-11(8)9)12(17)16-13(14)15;1-8-4-2-5-9-10(12)6-3-7-13-11(8)9/h2-4,7H,5-6H2,1H3,(H4,14,15,16,17);2,4-5H,3,6-7H2,1H3. The van der Waals surface area contributed by atoms with Crippen LogP contribution in [-0.4, -0.2) is 30.9 Å². The average molecular weight is 421 g/mol. The highest BCUT2D eigenvalue weighted by Crippen LogP contribution is 2.29. The SMILES string of the molecule is Cc1cccc2c1OCCC(C(=O)N=C(N)N)=C2.Cc1cccc2c1OCCCC2=O.